The fraction of sp³-hybridized carbons (Fsp3) is 0.167. The van der Waals surface area contributed by atoms with Crippen LogP contribution in [0.15, 0.2) is 85.5 Å². The monoisotopic (exact) mass is 425 g/mol. The van der Waals surface area contributed by atoms with Crippen LogP contribution >= 0.6 is 0 Å². The highest BCUT2D eigenvalue weighted by Gasteiger charge is 2.19. The third kappa shape index (κ3) is 4.29. The average molecular weight is 425 g/mol. The van der Waals surface area contributed by atoms with E-state index in [0.717, 1.165) is 31.9 Å². The number of hydrogen-bond acceptors (Lipinski definition) is 6. The number of carbonyl (C=O) groups is 1. The first-order chi connectivity index (χ1) is 15.8. The molecule has 32 heavy (non-hydrogen) atoms. The van der Waals surface area contributed by atoms with Crippen molar-refractivity contribution >= 4 is 23.2 Å². The second-order valence-corrected chi connectivity index (χ2v) is 7.54. The van der Waals surface area contributed by atoms with Gasteiger partial charge in [-0.15, -0.1) is 0 Å². The van der Waals surface area contributed by atoms with Crippen LogP contribution in [-0.2, 0) is 0 Å². The maximum atomic E-state index is 12.7. The molecule has 3 heterocycles. The molecule has 0 bridgehead atoms. The molecule has 4 aromatic rings. The minimum atomic E-state index is -0.216. The molecule has 1 N–H and O–H groups in total. The van der Waals surface area contributed by atoms with Gasteiger partial charge in [-0.1, -0.05) is 24.3 Å². The Morgan fingerprint density at radius 2 is 1.53 bits per heavy atom. The van der Waals surface area contributed by atoms with Gasteiger partial charge in [0.1, 0.15) is 0 Å². The van der Waals surface area contributed by atoms with Gasteiger partial charge >= 0.3 is 0 Å². The number of piperazine rings is 1. The summed E-state index contributed by atoms with van der Waals surface area (Å²) in [5, 5.41) is 7.07. The molecule has 1 aliphatic heterocycles. The standard InChI is InChI=1S/C24H23N7O/c32-23(19-6-4-9-22(16-19)31-11-5-10-27-31)28-20-17-25-24(26-18-20)30-14-12-29(13-15-30)21-7-2-1-3-8-21/h1-11,16-18H,12-15H2,(H,28,32). The SMILES string of the molecule is O=C(Nc1cnc(N2CCN(c3ccccc3)CC2)nc1)c1cccc(-n2cccn2)c1. The maximum absolute atomic E-state index is 12.7. The van der Waals surface area contributed by atoms with Crippen molar-refractivity contribution in [2.45, 2.75) is 0 Å². The van der Waals surface area contributed by atoms with Crippen molar-refractivity contribution in [3.63, 3.8) is 0 Å². The summed E-state index contributed by atoms with van der Waals surface area (Å²) in [7, 11) is 0. The van der Waals surface area contributed by atoms with Gasteiger partial charge in [-0.05, 0) is 36.4 Å². The summed E-state index contributed by atoms with van der Waals surface area (Å²) in [4.78, 5) is 26.2. The minimum absolute atomic E-state index is 0.216. The first-order valence-electron chi connectivity index (χ1n) is 10.5. The predicted octanol–water partition coefficient (Wildman–Crippen LogP) is 3.24. The van der Waals surface area contributed by atoms with Crippen molar-refractivity contribution in [3.8, 4) is 5.69 Å². The zero-order valence-corrected chi connectivity index (χ0v) is 17.5. The van der Waals surface area contributed by atoms with E-state index < -0.39 is 0 Å². The average Bonchev–Trinajstić information content (AvgIpc) is 3.41. The highest BCUT2D eigenvalue weighted by molar-refractivity contribution is 6.04. The van der Waals surface area contributed by atoms with Gasteiger partial charge < -0.3 is 15.1 Å². The lowest BCUT2D eigenvalue weighted by molar-refractivity contribution is 0.102. The predicted molar refractivity (Wildman–Crippen MR) is 124 cm³/mol. The fourth-order valence-corrected chi connectivity index (χ4v) is 3.77. The number of para-hydroxylation sites is 1. The summed E-state index contributed by atoms with van der Waals surface area (Å²) >= 11 is 0. The van der Waals surface area contributed by atoms with Gasteiger partial charge in [0.25, 0.3) is 5.91 Å². The Kier molecular flexibility index (Phi) is 5.48. The van der Waals surface area contributed by atoms with E-state index >= 15 is 0 Å². The molecule has 1 saturated heterocycles. The molecule has 5 rings (SSSR count). The topological polar surface area (TPSA) is 79.2 Å². The Morgan fingerprint density at radius 3 is 2.25 bits per heavy atom. The Bertz CT molecular complexity index is 1170. The van der Waals surface area contributed by atoms with Crippen LogP contribution in [0, 0.1) is 0 Å². The molecule has 1 amide bonds. The number of aromatic nitrogens is 4. The van der Waals surface area contributed by atoms with Crippen LogP contribution in [0.2, 0.25) is 0 Å². The van der Waals surface area contributed by atoms with Crippen LogP contribution in [0.3, 0.4) is 0 Å². The quantitative estimate of drug-likeness (QED) is 0.529. The zero-order valence-electron chi connectivity index (χ0n) is 17.5. The molecular formula is C24H23N7O. The lowest BCUT2D eigenvalue weighted by Crippen LogP contribution is -2.47. The van der Waals surface area contributed by atoms with Crippen LogP contribution < -0.4 is 15.1 Å². The van der Waals surface area contributed by atoms with E-state index in [4.69, 9.17) is 0 Å². The van der Waals surface area contributed by atoms with Gasteiger partial charge in [0.15, 0.2) is 0 Å². The Balaban J connectivity index is 1.20. The lowest BCUT2D eigenvalue weighted by atomic mass is 10.2. The largest absolute Gasteiger partial charge is 0.368 e. The summed E-state index contributed by atoms with van der Waals surface area (Å²) in [5.74, 6) is 0.461. The second kappa shape index (κ2) is 8.89. The molecule has 2 aromatic heterocycles. The summed E-state index contributed by atoms with van der Waals surface area (Å²) in [6, 6.07) is 19.6. The molecule has 0 spiro atoms. The molecule has 0 atom stereocenters. The normalized spacial score (nSPS) is 13.8. The number of rotatable bonds is 5. The molecule has 0 saturated carbocycles. The van der Waals surface area contributed by atoms with E-state index in [-0.39, 0.29) is 5.91 Å². The molecule has 0 unspecified atom stereocenters. The highest BCUT2D eigenvalue weighted by atomic mass is 16.1. The Morgan fingerprint density at radius 1 is 0.812 bits per heavy atom. The van der Waals surface area contributed by atoms with E-state index in [9.17, 15) is 4.79 Å². The molecule has 2 aromatic carbocycles. The molecule has 1 aliphatic rings. The van der Waals surface area contributed by atoms with E-state index in [1.165, 1.54) is 5.69 Å². The molecule has 160 valence electrons. The van der Waals surface area contributed by atoms with Gasteiger partial charge in [-0.3, -0.25) is 4.79 Å². The number of benzene rings is 2. The molecule has 0 radical (unpaired) electrons. The Hall–Kier alpha value is -4.20. The lowest BCUT2D eigenvalue weighted by Gasteiger charge is -2.36. The fourth-order valence-electron chi connectivity index (χ4n) is 3.77. The van der Waals surface area contributed by atoms with Crippen molar-refractivity contribution < 1.29 is 4.79 Å². The minimum Gasteiger partial charge on any atom is -0.368 e. The number of anilines is 3. The van der Waals surface area contributed by atoms with E-state index in [1.54, 1.807) is 35.4 Å². The maximum Gasteiger partial charge on any atom is 0.255 e. The molecule has 8 heteroatoms. The number of nitrogens with zero attached hydrogens (tertiary/aromatic N) is 6. The summed E-state index contributed by atoms with van der Waals surface area (Å²) in [5.41, 5.74) is 3.16. The van der Waals surface area contributed by atoms with Crippen LogP contribution in [0.4, 0.5) is 17.3 Å². The van der Waals surface area contributed by atoms with E-state index in [0.29, 0.717) is 17.2 Å². The van der Waals surface area contributed by atoms with Crippen molar-refractivity contribution in [1.29, 1.82) is 0 Å². The highest BCUT2D eigenvalue weighted by Crippen LogP contribution is 2.19. The smallest absolute Gasteiger partial charge is 0.255 e. The van der Waals surface area contributed by atoms with Gasteiger partial charge in [0, 0.05) is 49.8 Å². The number of hydrogen-bond donors (Lipinski definition) is 1. The molecule has 0 aliphatic carbocycles. The van der Waals surface area contributed by atoms with Gasteiger partial charge in [-0.2, -0.15) is 5.10 Å². The molecular weight excluding hydrogens is 402 g/mol. The van der Waals surface area contributed by atoms with Crippen molar-refractivity contribution in [2.24, 2.45) is 0 Å². The number of amides is 1. The van der Waals surface area contributed by atoms with Gasteiger partial charge in [0.05, 0.1) is 23.8 Å². The summed E-state index contributed by atoms with van der Waals surface area (Å²) in [6.45, 7) is 3.53. The summed E-state index contributed by atoms with van der Waals surface area (Å²) < 4.78 is 1.71. The van der Waals surface area contributed by atoms with E-state index in [2.05, 4.69) is 54.4 Å². The van der Waals surface area contributed by atoms with Gasteiger partial charge in [-0.25, -0.2) is 14.6 Å². The zero-order chi connectivity index (χ0) is 21.8. The van der Waals surface area contributed by atoms with Crippen molar-refractivity contribution in [3.05, 3.63) is 91.0 Å². The molecule has 1 fully saturated rings. The third-order valence-corrected chi connectivity index (χ3v) is 5.46. The van der Waals surface area contributed by atoms with E-state index in [1.807, 2.05) is 30.5 Å². The van der Waals surface area contributed by atoms with Crippen LogP contribution in [0.25, 0.3) is 5.69 Å². The van der Waals surface area contributed by atoms with Crippen molar-refractivity contribution in [1.82, 2.24) is 19.7 Å². The van der Waals surface area contributed by atoms with Crippen LogP contribution in [0.5, 0.6) is 0 Å². The summed E-state index contributed by atoms with van der Waals surface area (Å²) in [6.07, 6.45) is 6.85. The van der Waals surface area contributed by atoms with Crippen molar-refractivity contribution in [2.75, 3.05) is 41.3 Å². The first kappa shape index (κ1) is 19.7. The second-order valence-electron chi connectivity index (χ2n) is 7.54. The number of nitrogens with one attached hydrogen (secondary N) is 1. The first-order valence-corrected chi connectivity index (χ1v) is 10.5. The Labute approximate surface area is 186 Å². The van der Waals surface area contributed by atoms with Crippen LogP contribution in [-0.4, -0.2) is 51.8 Å². The van der Waals surface area contributed by atoms with Crippen LogP contribution in [0.1, 0.15) is 10.4 Å². The van der Waals surface area contributed by atoms with Gasteiger partial charge in [0.2, 0.25) is 5.95 Å². The molecule has 8 nitrogen and oxygen atoms in total. The third-order valence-electron chi connectivity index (χ3n) is 5.46. The number of carbonyl (C=O) groups excluding carboxylic acids is 1.